The monoisotopic (exact) mass is 304 g/mol. The van der Waals surface area contributed by atoms with Crippen LogP contribution in [0, 0.1) is 0 Å². The summed E-state index contributed by atoms with van der Waals surface area (Å²) in [5.74, 6) is -2.67. The van der Waals surface area contributed by atoms with E-state index in [-0.39, 0.29) is 0 Å². The highest BCUT2D eigenvalue weighted by Crippen LogP contribution is 2.32. The maximum atomic E-state index is 9.89. The van der Waals surface area contributed by atoms with Crippen LogP contribution in [-0.2, 0) is 9.47 Å². The van der Waals surface area contributed by atoms with Gasteiger partial charge in [-0.25, -0.2) is 0 Å². The van der Waals surface area contributed by atoms with Crippen molar-refractivity contribution in [3.8, 4) is 0 Å². The van der Waals surface area contributed by atoms with Gasteiger partial charge in [0, 0.05) is 0 Å². The Bertz CT molecular complexity index is 343. The van der Waals surface area contributed by atoms with Gasteiger partial charge in [0.2, 0.25) is 5.79 Å². The van der Waals surface area contributed by atoms with Crippen LogP contribution in [0.15, 0.2) is 11.5 Å². The van der Waals surface area contributed by atoms with Crippen LogP contribution in [0.4, 0.5) is 0 Å². The average molecular weight is 304 g/mol. The molecule has 0 amide bonds. The van der Waals surface area contributed by atoms with Gasteiger partial charge >= 0.3 is 0 Å². The molecule has 0 spiro atoms. The van der Waals surface area contributed by atoms with E-state index < -0.39 is 36.1 Å². The lowest BCUT2D eigenvalue weighted by Gasteiger charge is -2.39. The van der Waals surface area contributed by atoms with Gasteiger partial charge in [-0.2, -0.15) is 0 Å². The fraction of sp³-hybridized carbons (Fsp3) is 0.867. The molecule has 6 nitrogen and oxygen atoms in total. The van der Waals surface area contributed by atoms with Crippen LogP contribution >= 0.6 is 0 Å². The van der Waals surface area contributed by atoms with Crippen molar-refractivity contribution in [2.45, 2.75) is 70.4 Å². The molecule has 0 fully saturated rings. The largest absolute Gasteiger partial charge is 0.506 e. The van der Waals surface area contributed by atoms with Crippen LogP contribution < -0.4 is 0 Å². The van der Waals surface area contributed by atoms with Gasteiger partial charge in [0.15, 0.2) is 11.5 Å². The molecule has 1 heterocycles. The van der Waals surface area contributed by atoms with Crippen LogP contribution in [0.5, 0.6) is 0 Å². The summed E-state index contributed by atoms with van der Waals surface area (Å²) in [6.45, 7) is 3.52. The minimum atomic E-state index is -1.53. The average Bonchev–Trinajstić information content (AvgIpc) is 2.48. The Morgan fingerprint density at radius 3 is 2.38 bits per heavy atom. The molecule has 0 radical (unpaired) electrons. The summed E-state index contributed by atoms with van der Waals surface area (Å²) in [5, 5.41) is 38.3. The molecule has 0 aliphatic carbocycles. The van der Waals surface area contributed by atoms with Crippen molar-refractivity contribution in [1.29, 1.82) is 0 Å². The minimum absolute atomic E-state index is 0.369. The summed E-state index contributed by atoms with van der Waals surface area (Å²) in [5.41, 5.74) is 0. The zero-order valence-electron chi connectivity index (χ0n) is 12.9. The quantitative estimate of drug-likeness (QED) is 0.487. The van der Waals surface area contributed by atoms with Gasteiger partial charge in [-0.1, -0.05) is 39.0 Å². The predicted molar refractivity (Wildman–Crippen MR) is 78.0 cm³/mol. The van der Waals surface area contributed by atoms with Crippen LogP contribution in [0.3, 0.4) is 0 Å². The Morgan fingerprint density at radius 2 is 1.76 bits per heavy atom. The number of unbranched alkanes of at least 4 members (excludes halogenated alkanes) is 5. The first-order valence-electron chi connectivity index (χ1n) is 7.69. The molecule has 1 aliphatic rings. The molecule has 1 aliphatic heterocycles. The normalized spacial score (nSPS) is 29.9. The van der Waals surface area contributed by atoms with Crippen LogP contribution in [0.25, 0.3) is 0 Å². The van der Waals surface area contributed by atoms with Crippen molar-refractivity contribution in [2.24, 2.45) is 0 Å². The molecule has 2 unspecified atom stereocenters. The smallest absolute Gasteiger partial charge is 0.228 e. The zero-order chi connectivity index (χ0) is 15.9. The van der Waals surface area contributed by atoms with Crippen molar-refractivity contribution in [2.75, 3.05) is 13.2 Å². The standard InChI is InChI=1S/C15H28O6/c1-3-4-5-6-7-8-9-20-15(2)14(19)13(18)12(17)11(10-16)21-15/h11-12,16-19H,3-10H2,1-2H3/t11?,12-,15?/m1/s1. The molecule has 1 rings (SSSR count). The summed E-state index contributed by atoms with van der Waals surface area (Å²) >= 11 is 0. The third-order valence-electron chi connectivity index (χ3n) is 3.74. The molecular formula is C15H28O6. The molecule has 0 saturated carbocycles. The van der Waals surface area contributed by atoms with Gasteiger partial charge < -0.3 is 29.9 Å². The lowest BCUT2D eigenvalue weighted by Crippen LogP contribution is -2.50. The Balaban J connectivity index is 2.45. The molecule has 4 N–H and O–H groups in total. The first-order chi connectivity index (χ1) is 9.96. The Kier molecular flexibility index (Phi) is 7.45. The van der Waals surface area contributed by atoms with E-state index in [1.165, 1.54) is 26.2 Å². The predicted octanol–water partition coefficient (Wildman–Crippen LogP) is 2.16. The van der Waals surface area contributed by atoms with Crippen LogP contribution in [0.1, 0.15) is 52.4 Å². The van der Waals surface area contributed by atoms with Crippen molar-refractivity contribution < 1.29 is 29.9 Å². The van der Waals surface area contributed by atoms with Gasteiger partial charge in [-0.3, -0.25) is 0 Å². The van der Waals surface area contributed by atoms with E-state index in [4.69, 9.17) is 14.6 Å². The fourth-order valence-corrected chi connectivity index (χ4v) is 2.35. The molecular weight excluding hydrogens is 276 g/mol. The number of aliphatic hydroxyl groups excluding tert-OH is 4. The SMILES string of the molecule is CCCCCCCCOC1(C)OC(CO)[C@@H](O)C(O)=C1O. The summed E-state index contributed by atoms with van der Waals surface area (Å²) in [7, 11) is 0. The van der Waals surface area contributed by atoms with Crippen molar-refractivity contribution in [3.05, 3.63) is 11.5 Å². The third-order valence-corrected chi connectivity index (χ3v) is 3.74. The van der Waals surface area contributed by atoms with Gasteiger partial charge in [-0.15, -0.1) is 0 Å². The Labute approximate surface area is 126 Å². The maximum Gasteiger partial charge on any atom is 0.228 e. The highest BCUT2D eigenvalue weighted by molar-refractivity contribution is 5.17. The Morgan fingerprint density at radius 1 is 1.14 bits per heavy atom. The molecule has 21 heavy (non-hydrogen) atoms. The molecule has 3 atom stereocenters. The maximum absolute atomic E-state index is 9.89. The van der Waals surface area contributed by atoms with Crippen LogP contribution in [0.2, 0.25) is 0 Å². The van der Waals surface area contributed by atoms with E-state index in [0.29, 0.717) is 6.61 Å². The zero-order valence-corrected chi connectivity index (χ0v) is 12.9. The number of ether oxygens (including phenoxy) is 2. The number of hydrogen-bond acceptors (Lipinski definition) is 6. The number of hydrogen-bond donors (Lipinski definition) is 4. The highest BCUT2D eigenvalue weighted by Gasteiger charge is 2.46. The van der Waals surface area contributed by atoms with Gasteiger partial charge in [0.1, 0.15) is 12.2 Å². The molecule has 6 heteroatoms. The van der Waals surface area contributed by atoms with E-state index in [2.05, 4.69) is 6.92 Å². The van der Waals surface area contributed by atoms with E-state index in [0.717, 1.165) is 19.3 Å². The third kappa shape index (κ3) is 4.85. The van der Waals surface area contributed by atoms with Gasteiger partial charge in [0.25, 0.3) is 0 Å². The van der Waals surface area contributed by atoms with Crippen molar-refractivity contribution in [1.82, 2.24) is 0 Å². The highest BCUT2D eigenvalue weighted by atomic mass is 16.7. The topological polar surface area (TPSA) is 99.4 Å². The second kappa shape index (κ2) is 8.58. The summed E-state index contributed by atoms with van der Waals surface area (Å²) < 4.78 is 10.9. The van der Waals surface area contributed by atoms with E-state index >= 15 is 0 Å². The van der Waals surface area contributed by atoms with Gasteiger partial charge in [0.05, 0.1) is 13.2 Å². The first-order valence-corrected chi connectivity index (χ1v) is 7.69. The number of rotatable bonds is 9. The summed E-state index contributed by atoms with van der Waals surface area (Å²) in [6, 6.07) is 0. The summed E-state index contributed by atoms with van der Waals surface area (Å²) in [4.78, 5) is 0. The lowest BCUT2D eigenvalue weighted by molar-refractivity contribution is -0.273. The summed E-state index contributed by atoms with van der Waals surface area (Å²) in [6.07, 6.45) is 4.16. The van der Waals surface area contributed by atoms with E-state index in [1.54, 1.807) is 0 Å². The number of aliphatic hydroxyl groups is 4. The first kappa shape index (κ1) is 18.2. The molecule has 0 bridgehead atoms. The molecule has 124 valence electrons. The molecule has 0 aromatic rings. The lowest BCUT2D eigenvalue weighted by atomic mass is 10.0. The van der Waals surface area contributed by atoms with E-state index in [1.807, 2.05) is 0 Å². The second-order valence-corrected chi connectivity index (χ2v) is 5.58. The Hall–Kier alpha value is -0.820. The fourth-order valence-electron chi connectivity index (χ4n) is 2.35. The van der Waals surface area contributed by atoms with Gasteiger partial charge in [-0.05, 0) is 13.3 Å². The second-order valence-electron chi connectivity index (χ2n) is 5.58. The molecule has 0 aromatic carbocycles. The molecule has 0 saturated heterocycles. The van der Waals surface area contributed by atoms with Crippen molar-refractivity contribution in [3.63, 3.8) is 0 Å². The minimum Gasteiger partial charge on any atom is -0.506 e. The molecule has 0 aromatic heterocycles. The van der Waals surface area contributed by atoms with E-state index in [9.17, 15) is 15.3 Å². The van der Waals surface area contributed by atoms with Crippen molar-refractivity contribution >= 4 is 0 Å². The van der Waals surface area contributed by atoms with Crippen LogP contribution in [-0.4, -0.2) is 51.6 Å².